The van der Waals surface area contributed by atoms with E-state index < -0.39 is 23.8 Å². The van der Waals surface area contributed by atoms with Crippen LogP contribution in [-0.4, -0.2) is 88.7 Å². The zero-order valence-electron chi connectivity index (χ0n) is 19.4. The average molecular weight is 501 g/mol. The highest BCUT2D eigenvalue weighted by Gasteiger charge is 2.33. The topological polar surface area (TPSA) is 114 Å². The molecule has 0 atom stereocenters. The predicted molar refractivity (Wildman–Crippen MR) is 122 cm³/mol. The monoisotopic (exact) mass is 500 g/mol. The highest BCUT2D eigenvalue weighted by molar-refractivity contribution is 5.89. The van der Waals surface area contributed by atoms with Crippen LogP contribution in [0.15, 0.2) is 30.4 Å². The van der Waals surface area contributed by atoms with Gasteiger partial charge in [0.1, 0.15) is 11.5 Å². The number of unbranched alkanes of at least 4 members (excludes halogenated alkanes) is 1. The van der Waals surface area contributed by atoms with Crippen molar-refractivity contribution in [1.29, 1.82) is 0 Å². The number of halogens is 3. The molecule has 2 aliphatic rings. The van der Waals surface area contributed by atoms with Crippen molar-refractivity contribution in [3.05, 3.63) is 36.0 Å². The van der Waals surface area contributed by atoms with Gasteiger partial charge in [0.2, 0.25) is 5.91 Å². The standard InChI is InChI=1S/C19H27F3N4O.C4H4O4/c20-19(21,22)16-6-5-7-17(23-16)25-14-12-24(13-15-25)9-3-4-11-26-10-2-1-8-18(26)27;5-3(6)1-2-4(7)8/h5-7H,1-4,8-15H2;1-2H,(H,5,6)(H,7,8). The Kier molecular flexibility index (Phi) is 11.0. The number of pyridine rings is 1. The number of hydrogen-bond donors (Lipinski definition) is 2. The van der Waals surface area contributed by atoms with E-state index in [1.807, 2.05) is 9.80 Å². The molecule has 2 aliphatic heterocycles. The summed E-state index contributed by atoms with van der Waals surface area (Å²) in [5.74, 6) is -1.84. The number of aliphatic carboxylic acids is 2. The van der Waals surface area contributed by atoms with E-state index in [2.05, 4.69) is 9.88 Å². The van der Waals surface area contributed by atoms with Crippen LogP contribution < -0.4 is 4.90 Å². The molecule has 0 bridgehead atoms. The number of hydrogen-bond acceptors (Lipinski definition) is 6. The normalized spacial score (nSPS) is 17.3. The average Bonchev–Trinajstić information content (AvgIpc) is 2.82. The van der Waals surface area contributed by atoms with E-state index in [-0.39, 0.29) is 5.91 Å². The van der Waals surface area contributed by atoms with Crippen molar-refractivity contribution < 1.29 is 37.8 Å². The molecule has 0 aliphatic carbocycles. The molecule has 0 aromatic carbocycles. The first kappa shape index (κ1) is 28.1. The second kappa shape index (κ2) is 13.7. The molecule has 2 fully saturated rings. The highest BCUT2D eigenvalue weighted by atomic mass is 19.4. The Hall–Kier alpha value is -3.15. The number of carbonyl (C=O) groups excluding carboxylic acids is 1. The smallest absolute Gasteiger partial charge is 0.433 e. The summed E-state index contributed by atoms with van der Waals surface area (Å²) in [7, 11) is 0. The number of carbonyl (C=O) groups is 3. The lowest BCUT2D eigenvalue weighted by Crippen LogP contribution is -2.47. The van der Waals surface area contributed by atoms with Crippen LogP contribution in [0.25, 0.3) is 0 Å². The van der Waals surface area contributed by atoms with Crippen molar-refractivity contribution in [2.45, 2.75) is 38.3 Å². The molecule has 0 unspecified atom stereocenters. The Morgan fingerprint density at radius 2 is 1.57 bits per heavy atom. The van der Waals surface area contributed by atoms with Gasteiger partial charge < -0.3 is 20.0 Å². The van der Waals surface area contributed by atoms with Crippen molar-refractivity contribution in [1.82, 2.24) is 14.8 Å². The summed E-state index contributed by atoms with van der Waals surface area (Å²) in [6.45, 7) is 5.69. The maximum Gasteiger partial charge on any atom is 0.433 e. The van der Waals surface area contributed by atoms with Gasteiger partial charge in [-0.25, -0.2) is 14.6 Å². The maximum atomic E-state index is 12.8. The summed E-state index contributed by atoms with van der Waals surface area (Å²) < 4.78 is 38.4. The Balaban J connectivity index is 0.000000466. The lowest BCUT2D eigenvalue weighted by molar-refractivity contribution is -0.141. The van der Waals surface area contributed by atoms with Crippen LogP contribution in [0.5, 0.6) is 0 Å². The number of alkyl halides is 3. The zero-order chi connectivity index (χ0) is 25.8. The number of carboxylic acids is 2. The number of carboxylic acid groups (broad SMARTS) is 2. The van der Waals surface area contributed by atoms with Crippen LogP contribution in [0.2, 0.25) is 0 Å². The van der Waals surface area contributed by atoms with Gasteiger partial charge >= 0.3 is 18.1 Å². The number of piperazine rings is 1. The fourth-order valence-electron chi connectivity index (χ4n) is 3.84. The van der Waals surface area contributed by atoms with Gasteiger partial charge in [0.05, 0.1) is 0 Å². The van der Waals surface area contributed by atoms with Crippen LogP contribution in [0.1, 0.15) is 37.8 Å². The first-order valence-corrected chi connectivity index (χ1v) is 11.5. The van der Waals surface area contributed by atoms with Crippen LogP contribution >= 0.6 is 0 Å². The maximum absolute atomic E-state index is 12.8. The van der Waals surface area contributed by atoms with Gasteiger partial charge in [-0.15, -0.1) is 0 Å². The SMILES string of the molecule is O=C(O)C=CC(=O)O.O=C1CCCCN1CCCCN1CCN(c2cccc(C(F)(F)F)n2)CC1. The lowest BCUT2D eigenvalue weighted by atomic mass is 10.1. The molecule has 35 heavy (non-hydrogen) atoms. The fourth-order valence-corrected chi connectivity index (χ4v) is 3.84. The molecule has 2 N–H and O–H groups in total. The van der Waals surface area contributed by atoms with E-state index in [4.69, 9.17) is 10.2 Å². The summed E-state index contributed by atoms with van der Waals surface area (Å²) in [4.78, 5) is 40.9. The number of nitrogens with zero attached hydrogens (tertiary/aromatic N) is 4. The third-order valence-electron chi connectivity index (χ3n) is 5.66. The van der Waals surface area contributed by atoms with Crippen LogP contribution in [0.4, 0.5) is 19.0 Å². The van der Waals surface area contributed by atoms with Gasteiger partial charge in [-0.05, 0) is 44.4 Å². The first-order valence-electron chi connectivity index (χ1n) is 11.5. The third kappa shape index (κ3) is 10.3. The van der Waals surface area contributed by atoms with E-state index in [9.17, 15) is 27.6 Å². The lowest BCUT2D eigenvalue weighted by Gasteiger charge is -2.35. The van der Waals surface area contributed by atoms with Crippen molar-refractivity contribution in [3.8, 4) is 0 Å². The van der Waals surface area contributed by atoms with Gasteiger partial charge in [-0.1, -0.05) is 6.07 Å². The Bertz CT molecular complexity index is 870. The molecule has 9 nitrogen and oxygen atoms in total. The summed E-state index contributed by atoms with van der Waals surface area (Å²) in [6, 6.07) is 4.06. The molecule has 1 aromatic rings. The minimum absolute atomic E-state index is 0.281. The number of rotatable bonds is 8. The zero-order valence-corrected chi connectivity index (χ0v) is 19.4. The summed E-state index contributed by atoms with van der Waals surface area (Å²) in [5, 5.41) is 15.6. The Morgan fingerprint density at radius 1 is 0.943 bits per heavy atom. The van der Waals surface area contributed by atoms with E-state index >= 15 is 0 Å². The summed E-state index contributed by atoms with van der Waals surface area (Å²) in [6.07, 6.45) is 1.55. The molecule has 0 radical (unpaired) electrons. The van der Waals surface area contributed by atoms with Gasteiger partial charge in [0, 0.05) is 57.8 Å². The third-order valence-corrected chi connectivity index (χ3v) is 5.66. The van der Waals surface area contributed by atoms with Crippen LogP contribution in [-0.2, 0) is 20.6 Å². The molecule has 3 rings (SSSR count). The molecule has 12 heteroatoms. The minimum Gasteiger partial charge on any atom is -0.478 e. The first-order chi connectivity index (χ1) is 16.6. The minimum atomic E-state index is -4.41. The molecular formula is C23H31F3N4O5. The predicted octanol–water partition coefficient (Wildman–Crippen LogP) is 2.73. The molecule has 1 amide bonds. The van der Waals surface area contributed by atoms with Gasteiger partial charge in [0.15, 0.2) is 0 Å². The van der Waals surface area contributed by atoms with E-state index in [0.29, 0.717) is 37.5 Å². The fraction of sp³-hybridized carbons (Fsp3) is 0.565. The number of likely N-dealkylation sites (tertiary alicyclic amines) is 1. The summed E-state index contributed by atoms with van der Waals surface area (Å²) in [5.41, 5.74) is -0.838. The molecule has 1 aromatic heterocycles. The van der Waals surface area contributed by atoms with Crippen molar-refractivity contribution in [2.24, 2.45) is 0 Å². The van der Waals surface area contributed by atoms with Crippen LogP contribution in [0.3, 0.4) is 0 Å². The van der Waals surface area contributed by atoms with Crippen molar-refractivity contribution >= 4 is 23.7 Å². The summed E-state index contributed by atoms with van der Waals surface area (Å²) >= 11 is 0. The molecule has 3 heterocycles. The van der Waals surface area contributed by atoms with E-state index in [1.165, 1.54) is 6.07 Å². The number of piperidine rings is 1. The molecule has 2 saturated heterocycles. The van der Waals surface area contributed by atoms with Crippen molar-refractivity contribution in [2.75, 3.05) is 50.7 Å². The molecule has 194 valence electrons. The number of amides is 1. The highest BCUT2D eigenvalue weighted by Crippen LogP contribution is 2.29. The van der Waals surface area contributed by atoms with E-state index in [0.717, 1.165) is 64.5 Å². The largest absolute Gasteiger partial charge is 0.478 e. The van der Waals surface area contributed by atoms with Crippen molar-refractivity contribution in [3.63, 3.8) is 0 Å². The second-order valence-electron chi connectivity index (χ2n) is 8.26. The Morgan fingerprint density at radius 3 is 2.14 bits per heavy atom. The molecule has 0 saturated carbocycles. The second-order valence-corrected chi connectivity index (χ2v) is 8.26. The molecule has 0 spiro atoms. The number of anilines is 1. The van der Waals surface area contributed by atoms with Gasteiger partial charge in [-0.3, -0.25) is 9.69 Å². The quantitative estimate of drug-likeness (QED) is 0.414. The van der Waals surface area contributed by atoms with E-state index in [1.54, 1.807) is 6.07 Å². The Labute approximate surface area is 201 Å². The molecular weight excluding hydrogens is 469 g/mol. The number of aromatic nitrogens is 1. The van der Waals surface area contributed by atoms with Crippen LogP contribution in [0, 0.1) is 0 Å². The van der Waals surface area contributed by atoms with Gasteiger partial charge in [-0.2, -0.15) is 13.2 Å². The van der Waals surface area contributed by atoms with Gasteiger partial charge in [0.25, 0.3) is 0 Å².